The van der Waals surface area contributed by atoms with Crippen molar-refractivity contribution in [3.8, 4) is 11.3 Å². The second-order valence-electron chi connectivity index (χ2n) is 4.88. The molecule has 3 aromatic rings. The summed E-state index contributed by atoms with van der Waals surface area (Å²) >= 11 is 7.16. The minimum absolute atomic E-state index is 0.0645. The molecule has 2 aromatic heterocycles. The summed E-state index contributed by atoms with van der Waals surface area (Å²) in [6.07, 6.45) is 1.86. The Bertz CT molecular complexity index is 756. The van der Waals surface area contributed by atoms with Crippen molar-refractivity contribution >= 4 is 34.0 Å². The monoisotopic (exact) mass is 346 g/mol. The third kappa shape index (κ3) is 3.81. The Morgan fingerprint density at radius 1 is 1.22 bits per heavy atom. The lowest BCUT2D eigenvalue weighted by atomic mass is 10.2. The summed E-state index contributed by atoms with van der Waals surface area (Å²) in [5.74, 6) is 0.930. The van der Waals surface area contributed by atoms with Crippen LogP contribution in [0.2, 0.25) is 0 Å². The summed E-state index contributed by atoms with van der Waals surface area (Å²) in [6, 6.07) is 13.5. The van der Waals surface area contributed by atoms with Gasteiger partial charge in [-0.15, -0.1) is 22.9 Å². The van der Waals surface area contributed by atoms with Crippen molar-refractivity contribution in [2.24, 2.45) is 0 Å². The molecule has 0 fully saturated rings. The minimum atomic E-state index is -0.0645. The number of alkyl halides is 1. The molecule has 0 N–H and O–H groups in total. The van der Waals surface area contributed by atoms with E-state index in [1.54, 1.807) is 17.2 Å². The van der Waals surface area contributed by atoms with Crippen LogP contribution in [-0.2, 0) is 11.3 Å². The molecule has 3 rings (SSSR count). The molecular formula is C17H15ClN2O2S. The molecular weight excluding hydrogens is 332 g/mol. The zero-order valence-electron chi connectivity index (χ0n) is 12.3. The highest BCUT2D eigenvalue weighted by molar-refractivity contribution is 7.14. The van der Waals surface area contributed by atoms with Crippen LogP contribution in [0.4, 0.5) is 5.13 Å². The summed E-state index contributed by atoms with van der Waals surface area (Å²) in [5.41, 5.74) is 1.88. The number of carbonyl (C=O) groups is 1. The molecule has 118 valence electrons. The number of halogens is 1. The molecule has 0 aliphatic heterocycles. The molecule has 0 aliphatic carbocycles. The average Bonchev–Trinajstić information content (AvgIpc) is 3.25. The van der Waals surface area contributed by atoms with E-state index in [2.05, 4.69) is 4.98 Å². The van der Waals surface area contributed by atoms with Gasteiger partial charge in [-0.05, 0) is 12.1 Å². The Hall–Kier alpha value is -2.11. The quantitative estimate of drug-likeness (QED) is 0.614. The summed E-state index contributed by atoms with van der Waals surface area (Å²) in [5, 5.41) is 2.60. The van der Waals surface area contributed by atoms with Crippen LogP contribution in [0.5, 0.6) is 0 Å². The van der Waals surface area contributed by atoms with Gasteiger partial charge in [-0.1, -0.05) is 30.3 Å². The number of benzene rings is 1. The number of carbonyl (C=O) groups excluding carboxylic acids is 1. The molecule has 0 bridgehead atoms. The van der Waals surface area contributed by atoms with Crippen molar-refractivity contribution in [2.75, 3.05) is 10.8 Å². The van der Waals surface area contributed by atoms with E-state index < -0.39 is 0 Å². The molecule has 0 atom stereocenters. The standard InChI is InChI=1S/C17H15ClN2O2S/c18-9-8-16(21)20(11-14-7-4-10-22-14)17-19-15(12-23-17)13-5-2-1-3-6-13/h1-7,10,12H,8-9,11H2. The summed E-state index contributed by atoms with van der Waals surface area (Å²) in [4.78, 5) is 18.6. The number of aromatic nitrogens is 1. The lowest BCUT2D eigenvalue weighted by molar-refractivity contribution is -0.118. The van der Waals surface area contributed by atoms with Gasteiger partial charge in [0.15, 0.2) is 5.13 Å². The largest absolute Gasteiger partial charge is 0.467 e. The average molecular weight is 347 g/mol. The van der Waals surface area contributed by atoms with E-state index in [9.17, 15) is 4.79 Å². The van der Waals surface area contributed by atoms with Crippen LogP contribution < -0.4 is 4.90 Å². The number of rotatable bonds is 6. The lowest BCUT2D eigenvalue weighted by Crippen LogP contribution is -2.30. The smallest absolute Gasteiger partial charge is 0.230 e. The molecule has 0 saturated carbocycles. The van der Waals surface area contributed by atoms with E-state index in [1.165, 1.54) is 11.3 Å². The van der Waals surface area contributed by atoms with Crippen molar-refractivity contribution < 1.29 is 9.21 Å². The van der Waals surface area contributed by atoms with E-state index in [0.29, 0.717) is 17.4 Å². The third-order valence-electron chi connectivity index (χ3n) is 3.30. The van der Waals surface area contributed by atoms with Crippen LogP contribution in [-0.4, -0.2) is 16.8 Å². The third-order valence-corrected chi connectivity index (χ3v) is 4.35. The van der Waals surface area contributed by atoms with Crippen molar-refractivity contribution in [3.63, 3.8) is 0 Å². The van der Waals surface area contributed by atoms with Crippen LogP contribution >= 0.6 is 22.9 Å². The van der Waals surface area contributed by atoms with Gasteiger partial charge in [0.2, 0.25) is 5.91 Å². The molecule has 4 nitrogen and oxygen atoms in total. The first-order chi connectivity index (χ1) is 11.3. The van der Waals surface area contributed by atoms with Gasteiger partial charge in [0.25, 0.3) is 0 Å². The van der Waals surface area contributed by atoms with Gasteiger partial charge < -0.3 is 4.42 Å². The molecule has 6 heteroatoms. The zero-order valence-corrected chi connectivity index (χ0v) is 13.9. The molecule has 23 heavy (non-hydrogen) atoms. The highest BCUT2D eigenvalue weighted by Gasteiger charge is 2.20. The van der Waals surface area contributed by atoms with Crippen LogP contribution in [0.3, 0.4) is 0 Å². The van der Waals surface area contributed by atoms with E-state index in [0.717, 1.165) is 11.3 Å². The molecule has 1 amide bonds. The van der Waals surface area contributed by atoms with Gasteiger partial charge in [0.1, 0.15) is 5.76 Å². The van der Waals surface area contributed by atoms with Gasteiger partial charge in [0, 0.05) is 23.2 Å². The molecule has 0 unspecified atom stereocenters. The van der Waals surface area contributed by atoms with Crippen LogP contribution in [0.15, 0.2) is 58.5 Å². The van der Waals surface area contributed by atoms with E-state index in [-0.39, 0.29) is 18.2 Å². The molecule has 0 radical (unpaired) electrons. The predicted molar refractivity (Wildman–Crippen MR) is 92.8 cm³/mol. The summed E-state index contributed by atoms with van der Waals surface area (Å²) < 4.78 is 5.36. The van der Waals surface area contributed by atoms with Crippen molar-refractivity contribution in [3.05, 3.63) is 59.9 Å². The number of hydrogen-bond donors (Lipinski definition) is 0. The van der Waals surface area contributed by atoms with Crippen molar-refractivity contribution in [2.45, 2.75) is 13.0 Å². The van der Waals surface area contributed by atoms with Crippen LogP contribution in [0.25, 0.3) is 11.3 Å². The maximum absolute atomic E-state index is 12.4. The van der Waals surface area contributed by atoms with Crippen molar-refractivity contribution in [1.29, 1.82) is 0 Å². The van der Waals surface area contributed by atoms with Gasteiger partial charge in [-0.3, -0.25) is 9.69 Å². The Morgan fingerprint density at radius 2 is 2.04 bits per heavy atom. The number of anilines is 1. The van der Waals surface area contributed by atoms with E-state index in [1.807, 2.05) is 41.8 Å². The van der Waals surface area contributed by atoms with Crippen molar-refractivity contribution in [1.82, 2.24) is 4.98 Å². The Kier molecular flexibility index (Phi) is 5.10. The summed E-state index contributed by atoms with van der Waals surface area (Å²) in [6.45, 7) is 0.352. The summed E-state index contributed by atoms with van der Waals surface area (Å²) in [7, 11) is 0. The fourth-order valence-corrected chi connectivity index (χ4v) is 3.18. The fourth-order valence-electron chi connectivity index (χ4n) is 2.17. The van der Waals surface area contributed by atoms with Gasteiger partial charge in [0.05, 0.1) is 18.5 Å². The number of thiazole rings is 1. The first-order valence-electron chi connectivity index (χ1n) is 7.17. The van der Waals surface area contributed by atoms with Crippen LogP contribution in [0, 0.1) is 0 Å². The number of hydrogen-bond acceptors (Lipinski definition) is 4. The Balaban J connectivity index is 1.87. The van der Waals surface area contributed by atoms with Crippen LogP contribution in [0.1, 0.15) is 12.2 Å². The SMILES string of the molecule is O=C(CCCl)N(Cc1ccco1)c1nc(-c2ccccc2)cs1. The van der Waals surface area contributed by atoms with Gasteiger partial charge in [-0.2, -0.15) is 0 Å². The molecule has 1 aromatic carbocycles. The second kappa shape index (κ2) is 7.44. The molecule has 0 saturated heterocycles. The zero-order chi connectivity index (χ0) is 16.1. The Labute approximate surface area is 143 Å². The Morgan fingerprint density at radius 3 is 2.74 bits per heavy atom. The number of amides is 1. The van der Waals surface area contributed by atoms with Gasteiger partial charge in [-0.25, -0.2) is 4.98 Å². The lowest BCUT2D eigenvalue weighted by Gasteiger charge is -2.18. The fraction of sp³-hybridized carbons (Fsp3) is 0.176. The maximum Gasteiger partial charge on any atom is 0.230 e. The predicted octanol–water partition coefficient (Wildman–Crippen LogP) is 4.57. The first-order valence-corrected chi connectivity index (χ1v) is 8.59. The second-order valence-corrected chi connectivity index (χ2v) is 6.09. The topological polar surface area (TPSA) is 46.3 Å². The maximum atomic E-state index is 12.4. The van der Waals surface area contributed by atoms with E-state index in [4.69, 9.17) is 16.0 Å². The first kappa shape index (κ1) is 15.8. The number of nitrogens with zero attached hydrogens (tertiary/aromatic N) is 2. The van der Waals surface area contributed by atoms with E-state index >= 15 is 0 Å². The molecule has 2 heterocycles. The molecule has 0 spiro atoms. The highest BCUT2D eigenvalue weighted by atomic mass is 35.5. The minimum Gasteiger partial charge on any atom is -0.467 e. The molecule has 0 aliphatic rings. The normalized spacial score (nSPS) is 10.7. The highest BCUT2D eigenvalue weighted by Crippen LogP contribution is 2.29. The van der Waals surface area contributed by atoms with Gasteiger partial charge >= 0.3 is 0 Å². The number of furan rings is 1.